The fourth-order valence-corrected chi connectivity index (χ4v) is 2.37. The highest BCUT2D eigenvalue weighted by Crippen LogP contribution is 2.20. The Morgan fingerprint density at radius 1 is 1.61 bits per heavy atom. The first-order valence-corrected chi connectivity index (χ1v) is 6.41. The van der Waals surface area contributed by atoms with Crippen LogP contribution in [-0.4, -0.2) is 27.2 Å². The maximum atomic E-state index is 11.7. The number of aromatic amines is 1. The summed E-state index contributed by atoms with van der Waals surface area (Å²) in [5.41, 5.74) is -0.263. The molecule has 0 aliphatic heterocycles. The number of nitrogens with one attached hydrogen (secondary N) is 2. The highest BCUT2D eigenvalue weighted by atomic mass is 35.5. The van der Waals surface area contributed by atoms with Gasteiger partial charge in [-0.25, -0.2) is 9.89 Å². The third-order valence-electron chi connectivity index (χ3n) is 2.40. The van der Waals surface area contributed by atoms with E-state index in [-0.39, 0.29) is 11.6 Å². The molecule has 0 aliphatic rings. The van der Waals surface area contributed by atoms with E-state index in [9.17, 15) is 9.59 Å². The fourth-order valence-electron chi connectivity index (χ4n) is 1.41. The van der Waals surface area contributed by atoms with Gasteiger partial charge in [-0.05, 0) is 12.1 Å². The maximum absolute atomic E-state index is 11.7. The second-order valence-corrected chi connectivity index (χ2v) is 5.33. The van der Waals surface area contributed by atoms with Gasteiger partial charge in [0.2, 0.25) is 0 Å². The van der Waals surface area contributed by atoms with Gasteiger partial charge in [0, 0.05) is 20.0 Å². The van der Waals surface area contributed by atoms with E-state index in [0.29, 0.717) is 28.0 Å². The summed E-state index contributed by atoms with van der Waals surface area (Å²) < 4.78 is 1.99. The molecule has 6 nitrogen and oxygen atoms in total. The molecule has 18 heavy (non-hydrogen) atoms. The third-order valence-corrected chi connectivity index (χ3v) is 3.63. The topological polar surface area (TPSA) is 79.8 Å². The van der Waals surface area contributed by atoms with E-state index in [1.54, 1.807) is 19.2 Å². The Hall–Kier alpha value is -1.60. The first-order chi connectivity index (χ1) is 8.58. The lowest BCUT2D eigenvalue weighted by molar-refractivity contribution is 0.0958. The fraction of sp³-hybridized carbons (Fsp3) is 0.300. The molecule has 0 saturated heterocycles. The molecule has 0 unspecified atom stereocenters. The maximum Gasteiger partial charge on any atom is 0.343 e. The molecule has 2 aromatic heterocycles. The van der Waals surface area contributed by atoms with E-state index in [0.717, 1.165) is 0 Å². The summed E-state index contributed by atoms with van der Waals surface area (Å²) in [4.78, 5) is 23.4. The van der Waals surface area contributed by atoms with E-state index < -0.39 is 0 Å². The number of carbonyl (C=O) groups is 1. The van der Waals surface area contributed by atoms with Gasteiger partial charge in [0.25, 0.3) is 5.91 Å². The molecule has 0 saturated carbocycles. The van der Waals surface area contributed by atoms with Crippen LogP contribution in [0.15, 0.2) is 16.9 Å². The predicted molar refractivity (Wildman–Crippen MR) is 69.2 cm³/mol. The van der Waals surface area contributed by atoms with Crippen molar-refractivity contribution >= 4 is 28.8 Å². The molecule has 0 bridgehead atoms. The lowest BCUT2D eigenvalue weighted by Gasteiger charge is -2.02. The van der Waals surface area contributed by atoms with Crippen molar-refractivity contribution in [3.63, 3.8) is 0 Å². The molecule has 0 radical (unpaired) electrons. The molecular formula is C10H11ClN4O2S. The van der Waals surface area contributed by atoms with Crippen LogP contribution in [0.1, 0.15) is 15.5 Å². The van der Waals surface area contributed by atoms with Gasteiger partial charge in [-0.15, -0.1) is 11.3 Å². The van der Waals surface area contributed by atoms with Crippen LogP contribution in [0.25, 0.3) is 0 Å². The largest absolute Gasteiger partial charge is 0.351 e. The minimum Gasteiger partial charge on any atom is -0.351 e. The number of hydrogen-bond donors (Lipinski definition) is 2. The van der Waals surface area contributed by atoms with Crippen molar-refractivity contribution in [2.45, 2.75) is 6.42 Å². The summed E-state index contributed by atoms with van der Waals surface area (Å²) >= 11 is 6.97. The molecule has 0 aromatic carbocycles. The number of nitrogens with zero attached hydrogens (tertiary/aromatic N) is 2. The molecule has 2 heterocycles. The smallest absolute Gasteiger partial charge is 0.343 e. The zero-order valence-electron chi connectivity index (χ0n) is 9.57. The van der Waals surface area contributed by atoms with Crippen LogP contribution in [0, 0.1) is 0 Å². The number of halogens is 1. The molecule has 2 aromatic rings. The van der Waals surface area contributed by atoms with Gasteiger partial charge in [0.15, 0.2) is 0 Å². The summed E-state index contributed by atoms with van der Waals surface area (Å²) in [6, 6.07) is 3.35. The predicted octanol–water partition coefficient (Wildman–Crippen LogP) is 0.796. The van der Waals surface area contributed by atoms with Crippen LogP contribution in [0.5, 0.6) is 0 Å². The Kier molecular flexibility index (Phi) is 3.83. The summed E-state index contributed by atoms with van der Waals surface area (Å²) in [5, 5.41) is 8.92. The summed E-state index contributed by atoms with van der Waals surface area (Å²) in [6.07, 6.45) is 0.486. The summed E-state index contributed by atoms with van der Waals surface area (Å²) in [7, 11) is 1.63. The van der Waals surface area contributed by atoms with Gasteiger partial charge >= 0.3 is 5.69 Å². The van der Waals surface area contributed by atoms with Gasteiger partial charge in [-0.2, -0.15) is 5.10 Å². The first kappa shape index (κ1) is 12.8. The Morgan fingerprint density at radius 2 is 2.39 bits per heavy atom. The molecular weight excluding hydrogens is 276 g/mol. The summed E-state index contributed by atoms with van der Waals surface area (Å²) in [6.45, 7) is 0.409. The number of aromatic nitrogens is 3. The Morgan fingerprint density at radius 3 is 2.94 bits per heavy atom. The highest BCUT2D eigenvalue weighted by Gasteiger charge is 2.09. The zero-order valence-corrected chi connectivity index (χ0v) is 11.1. The van der Waals surface area contributed by atoms with Crippen molar-refractivity contribution in [1.82, 2.24) is 20.1 Å². The third kappa shape index (κ3) is 2.80. The molecule has 0 spiro atoms. The van der Waals surface area contributed by atoms with Crippen molar-refractivity contribution in [3.8, 4) is 0 Å². The lowest BCUT2D eigenvalue weighted by atomic mass is 10.3. The number of H-pyrrole nitrogens is 1. The van der Waals surface area contributed by atoms with Crippen molar-refractivity contribution in [3.05, 3.63) is 37.7 Å². The number of amides is 1. The van der Waals surface area contributed by atoms with E-state index in [1.165, 1.54) is 15.9 Å². The number of carbonyl (C=O) groups excluding carboxylic acids is 1. The van der Waals surface area contributed by atoms with Crippen LogP contribution in [0.4, 0.5) is 0 Å². The van der Waals surface area contributed by atoms with Gasteiger partial charge in [0.05, 0.1) is 9.21 Å². The molecule has 2 N–H and O–H groups in total. The Balaban J connectivity index is 1.87. The molecule has 96 valence electrons. The van der Waals surface area contributed by atoms with Crippen LogP contribution in [-0.2, 0) is 13.5 Å². The van der Waals surface area contributed by atoms with Gasteiger partial charge in [-0.3, -0.25) is 9.36 Å². The highest BCUT2D eigenvalue weighted by molar-refractivity contribution is 7.17. The van der Waals surface area contributed by atoms with Crippen molar-refractivity contribution < 1.29 is 4.79 Å². The normalized spacial score (nSPS) is 10.6. The van der Waals surface area contributed by atoms with Crippen LogP contribution >= 0.6 is 22.9 Å². The monoisotopic (exact) mass is 286 g/mol. The van der Waals surface area contributed by atoms with Crippen molar-refractivity contribution in [2.24, 2.45) is 7.05 Å². The Labute approximate surface area is 112 Å². The van der Waals surface area contributed by atoms with Crippen molar-refractivity contribution in [2.75, 3.05) is 6.54 Å². The van der Waals surface area contributed by atoms with E-state index in [4.69, 9.17) is 11.6 Å². The van der Waals surface area contributed by atoms with Crippen LogP contribution in [0.2, 0.25) is 4.34 Å². The molecule has 2 rings (SSSR count). The molecule has 0 atom stereocenters. The van der Waals surface area contributed by atoms with E-state index in [1.807, 2.05) is 0 Å². The average molecular weight is 287 g/mol. The number of thiophene rings is 1. The average Bonchev–Trinajstić information content (AvgIpc) is 2.90. The molecule has 1 amide bonds. The molecule has 0 fully saturated rings. The molecule has 0 aliphatic carbocycles. The first-order valence-electron chi connectivity index (χ1n) is 5.21. The van der Waals surface area contributed by atoms with E-state index >= 15 is 0 Å². The lowest BCUT2D eigenvalue weighted by Crippen LogP contribution is -2.26. The minimum absolute atomic E-state index is 0.174. The summed E-state index contributed by atoms with van der Waals surface area (Å²) in [5.74, 6) is 0.428. The SMILES string of the molecule is Cn1c(CCNC(=O)c2ccc(Cl)s2)n[nH]c1=O. The van der Waals surface area contributed by atoms with E-state index in [2.05, 4.69) is 15.5 Å². The van der Waals surface area contributed by atoms with Gasteiger partial charge in [0.1, 0.15) is 5.82 Å². The number of hydrogen-bond acceptors (Lipinski definition) is 4. The van der Waals surface area contributed by atoms with Crippen LogP contribution in [0.3, 0.4) is 0 Å². The Bertz CT molecular complexity index is 615. The standard InChI is InChI=1S/C10H11ClN4O2S/c1-15-8(13-14-10(15)17)4-5-12-9(16)6-2-3-7(11)18-6/h2-3H,4-5H2,1H3,(H,12,16)(H,14,17). The second kappa shape index (κ2) is 5.36. The van der Waals surface area contributed by atoms with Crippen molar-refractivity contribution in [1.29, 1.82) is 0 Å². The molecule has 8 heteroatoms. The number of rotatable bonds is 4. The van der Waals surface area contributed by atoms with Crippen LogP contribution < -0.4 is 11.0 Å². The zero-order chi connectivity index (χ0) is 13.1. The quantitative estimate of drug-likeness (QED) is 0.872. The minimum atomic E-state index is -0.263. The second-order valence-electron chi connectivity index (χ2n) is 3.61. The van der Waals surface area contributed by atoms with Gasteiger partial charge in [-0.1, -0.05) is 11.6 Å². The van der Waals surface area contributed by atoms with Gasteiger partial charge < -0.3 is 5.32 Å².